The number of piperidine rings is 1. The molecule has 1 aromatic carbocycles. The van der Waals surface area contributed by atoms with Crippen molar-refractivity contribution < 1.29 is 18.0 Å². The van der Waals surface area contributed by atoms with E-state index in [-0.39, 0.29) is 5.91 Å². The number of piperazine rings is 1. The topological polar surface area (TPSA) is 26.8 Å². The molecule has 1 aromatic rings. The van der Waals surface area contributed by atoms with E-state index in [1.165, 1.54) is 12.1 Å². The predicted octanol–water partition coefficient (Wildman–Crippen LogP) is 3.19. The van der Waals surface area contributed by atoms with Crippen molar-refractivity contribution in [1.29, 1.82) is 0 Å². The van der Waals surface area contributed by atoms with Gasteiger partial charge in [0.15, 0.2) is 0 Å². The molecule has 150 valence electrons. The molecule has 2 aliphatic heterocycles. The zero-order chi connectivity index (χ0) is 19.6. The van der Waals surface area contributed by atoms with Gasteiger partial charge in [0.05, 0.1) is 5.56 Å². The number of nitrogens with zero attached hydrogens (tertiary/aromatic N) is 3. The Morgan fingerprint density at radius 1 is 1.00 bits per heavy atom. The fourth-order valence-corrected chi connectivity index (χ4v) is 4.10. The minimum absolute atomic E-state index is 0.172. The van der Waals surface area contributed by atoms with Gasteiger partial charge in [0.1, 0.15) is 0 Å². The number of alkyl halides is 3. The highest BCUT2D eigenvalue weighted by Crippen LogP contribution is 2.30. The Morgan fingerprint density at radius 2 is 1.56 bits per heavy atom. The Morgan fingerprint density at radius 3 is 2.07 bits per heavy atom. The van der Waals surface area contributed by atoms with E-state index in [1.54, 1.807) is 4.90 Å². The molecule has 0 N–H and O–H groups in total. The van der Waals surface area contributed by atoms with Crippen molar-refractivity contribution in [1.82, 2.24) is 14.7 Å². The van der Waals surface area contributed by atoms with Crippen LogP contribution in [0.4, 0.5) is 13.2 Å². The summed E-state index contributed by atoms with van der Waals surface area (Å²) in [6.45, 7) is 7.98. The van der Waals surface area contributed by atoms with Gasteiger partial charge in [-0.3, -0.25) is 9.69 Å². The zero-order valence-corrected chi connectivity index (χ0v) is 16.0. The van der Waals surface area contributed by atoms with Crippen LogP contribution in [-0.2, 0) is 6.18 Å². The largest absolute Gasteiger partial charge is 0.416 e. The molecule has 2 fully saturated rings. The molecular formula is C20H28F3N3O. The number of likely N-dealkylation sites (tertiary alicyclic amines) is 1. The van der Waals surface area contributed by atoms with Crippen LogP contribution in [0.3, 0.4) is 0 Å². The first-order valence-corrected chi connectivity index (χ1v) is 9.65. The number of hydrogen-bond donors (Lipinski definition) is 0. The van der Waals surface area contributed by atoms with E-state index in [2.05, 4.69) is 23.8 Å². The average Bonchev–Trinajstić information content (AvgIpc) is 2.67. The number of likely N-dealkylation sites (N-methyl/N-ethyl adjacent to an activating group) is 1. The highest BCUT2D eigenvalue weighted by Gasteiger charge is 2.32. The third kappa shape index (κ3) is 4.82. The van der Waals surface area contributed by atoms with Gasteiger partial charge in [-0.15, -0.1) is 0 Å². The molecule has 3 rings (SSSR count). The Balaban J connectivity index is 1.53. The summed E-state index contributed by atoms with van der Waals surface area (Å²) in [5, 5.41) is 0. The minimum Gasteiger partial charge on any atom is -0.339 e. The normalized spacial score (nSPS) is 22.0. The predicted molar refractivity (Wildman–Crippen MR) is 98.6 cm³/mol. The second-order valence-electron chi connectivity index (χ2n) is 7.78. The lowest BCUT2D eigenvalue weighted by atomic mass is 9.88. The molecule has 27 heavy (non-hydrogen) atoms. The molecule has 2 heterocycles. The van der Waals surface area contributed by atoms with Crippen LogP contribution in [0.1, 0.15) is 35.7 Å². The molecule has 0 bridgehead atoms. The lowest BCUT2D eigenvalue weighted by Crippen LogP contribution is -2.52. The highest BCUT2D eigenvalue weighted by molar-refractivity contribution is 5.94. The summed E-state index contributed by atoms with van der Waals surface area (Å²) in [6.07, 6.45) is -2.49. The quantitative estimate of drug-likeness (QED) is 0.802. The van der Waals surface area contributed by atoms with Crippen molar-refractivity contribution in [3.8, 4) is 0 Å². The van der Waals surface area contributed by atoms with Crippen LogP contribution in [-0.4, -0.2) is 73.0 Å². The maximum absolute atomic E-state index is 12.7. The minimum atomic E-state index is -4.38. The van der Waals surface area contributed by atoms with Crippen LogP contribution in [0, 0.1) is 5.92 Å². The molecule has 1 atom stereocenters. The number of hydrogen-bond acceptors (Lipinski definition) is 3. The molecule has 7 heteroatoms. The number of rotatable bonds is 3. The van der Waals surface area contributed by atoms with Crippen molar-refractivity contribution in [2.24, 2.45) is 5.92 Å². The zero-order valence-electron chi connectivity index (χ0n) is 16.0. The van der Waals surface area contributed by atoms with E-state index in [0.717, 1.165) is 51.2 Å². The van der Waals surface area contributed by atoms with Gasteiger partial charge in [-0.1, -0.05) is 0 Å². The Hall–Kier alpha value is -1.60. The van der Waals surface area contributed by atoms with E-state index < -0.39 is 11.7 Å². The standard InChI is InChI=1S/C20H28F3N3O/c1-15(25-13-11-24(2)12-14-25)16-7-9-26(10-8-16)19(27)17-3-5-18(6-4-17)20(21,22)23/h3-6,15-16H,7-14H2,1-2H3/t15-/m0/s1. The molecular weight excluding hydrogens is 355 g/mol. The fourth-order valence-electron chi connectivity index (χ4n) is 4.10. The number of carbonyl (C=O) groups is 1. The van der Waals surface area contributed by atoms with Gasteiger partial charge >= 0.3 is 6.18 Å². The first-order valence-electron chi connectivity index (χ1n) is 9.65. The maximum Gasteiger partial charge on any atom is 0.416 e. The number of amides is 1. The summed E-state index contributed by atoms with van der Waals surface area (Å²) in [5.41, 5.74) is -0.396. The summed E-state index contributed by atoms with van der Waals surface area (Å²) in [6, 6.07) is 5.03. The number of carbonyl (C=O) groups excluding carboxylic acids is 1. The molecule has 0 unspecified atom stereocenters. The highest BCUT2D eigenvalue weighted by atomic mass is 19.4. The van der Waals surface area contributed by atoms with E-state index in [4.69, 9.17) is 0 Å². The fraction of sp³-hybridized carbons (Fsp3) is 0.650. The Bertz CT molecular complexity index is 631. The Labute approximate surface area is 158 Å². The van der Waals surface area contributed by atoms with E-state index >= 15 is 0 Å². The van der Waals surface area contributed by atoms with Gasteiger partial charge in [-0.25, -0.2) is 0 Å². The second kappa shape index (κ2) is 8.19. The van der Waals surface area contributed by atoms with Crippen LogP contribution in [0.25, 0.3) is 0 Å². The summed E-state index contributed by atoms with van der Waals surface area (Å²) in [5.74, 6) is 0.388. The molecule has 0 spiro atoms. The van der Waals surface area contributed by atoms with Gasteiger partial charge in [0, 0.05) is 50.9 Å². The number of benzene rings is 1. The second-order valence-corrected chi connectivity index (χ2v) is 7.78. The van der Waals surface area contributed by atoms with Crippen molar-refractivity contribution >= 4 is 5.91 Å². The van der Waals surface area contributed by atoms with E-state index in [9.17, 15) is 18.0 Å². The van der Waals surface area contributed by atoms with Crippen molar-refractivity contribution in [3.63, 3.8) is 0 Å². The monoisotopic (exact) mass is 383 g/mol. The van der Waals surface area contributed by atoms with Gasteiger partial charge in [-0.2, -0.15) is 13.2 Å². The summed E-state index contributed by atoms with van der Waals surface area (Å²) in [4.78, 5) is 19.3. The maximum atomic E-state index is 12.7. The number of halogens is 3. The lowest BCUT2D eigenvalue weighted by Gasteiger charge is -2.42. The third-order valence-electron chi connectivity index (χ3n) is 6.08. The molecule has 0 aliphatic carbocycles. The van der Waals surface area contributed by atoms with Gasteiger partial charge in [0.25, 0.3) is 5.91 Å². The Kier molecular flexibility index (Phi) is 6.11. The summed E-state index contributed by atoms with van der Waals surface area (Å²) in [7, 11) is 2.15. The van der Waals surface area contributed by atoms with Crippen LogP contribution in [0.15, 0.2) is 24.3 Å². The average molecular weight is 383 g/mol. The molecule has 0 saturated carbocycles. The summed E-state index contributed by atoms with van der Waals surface area (Å²) >= 11 is 0. The van der Waals surface area contributed by atoms with Gasteiger partial charge in [-0.05, 0) is 57.0 Å². The van der Waals surface area contributed by atoms with Crippen molar-refractivity contribution in [2.45, 2.75) is 32.0 Å². The molecule has 2 aliphatic rings. The third-order valence-corrected chi connectivity index (χ3v) is 6.08. The van der Waals surface area contributed by atoms with Crippen molar-refractivity contribution in [3.05, 3.63) is 35.4 Å². The van der Waals surface area contributed by atoms with E-state index in [0.29, 0.717) is 30.6 Å². The molecule has 0 aromatic heterocycles. The first kappa shape index (κ1) is 20.1. The smallest absolute Gasteiger partial charge is 0.339 e. The molecule has 4 nitrogen and oxygen atoms in total. The molecule has 1 amide bonds. The van der Waals surface area contributed by atoms with Gasteiger partial charge in [0.2, 0.25) is 0 Å². The van der Waals surface area contributed by atoms with Gasteiger partial charge < -0.3 is 9.80 Å². The summed E-state index contributed by atoms with van der Waals surface area (Å²) < 4.78 is 38.0. The van der Waals surface area contributed by atoms with E-state index in [1.807, 2.05) is 0 Å². The van der Waals surface area contributed by atoms with Crippen LogP contribution < -0.4 is 0 Å². The van der Waals surface area contributed by atoms with Crippen LogP contribution in [0.5, 0.6) is 0 Å². The van der Waals surface area contributed by atoms with Crippen LogP contribution >= 0.6 is 0 Å². The lowest BCUT2D eigenvalue weighted by molar-refractivity contribution is -0.137. The molecule has 0 radical (unpaired) electrons. The first-order chi connectivity index (χ1) is 12.8. The molecule has 2 saturated heterocycles. The van der Waals surface area contributed by atoms with Crippen molar-refractivity contribution in [2.75, 3.05) is 46.3 Å². The SMILES string of the molecule is C[C@@H](C1CCN(C(=O)c2ccc(C(F)(F)F)cc2)CC1)N1CCN(C)CC1. The van der Waals surface area contributed by atoms with Crippen LogP contribution in [0.2, 0.25) is 0 Å².